The van der Waals surface area contributed by atoms with Crippen molar-refractivity contribution in [3.63, 3.8) is 0 Å². The van der Waals surface area contributed by atoms with E-state index in [4.69, 9.17) is 19.4 Å². The molecule has 0 fully saturated rings. The number of rotatable bonds is 4. The van der Waals surface area contributed by atoms with E-state index >= 15 is 0 Å². The minimum Gasteiger partial charge on any atom is -0.454 e. The molecule has 0 spiro atoms. The Balaban J connectivity index is 1.10. The molecule has 0 unspecified atom stereocenters. The van der Waals surface area contributed by atoms with E-state index in [1.54, 1.807) is 11.3 Å². The van der Waals surface area contributed by atoms with E-state index in [-0.39, 0.29) is 0 Å². The Morgan fingerprint density at radius 1 is 0.412 bits per heavy atom. The van der Waals surface area contributed by atoms with Crippen molar-refractivity contribution in [1.29, 1.82) is 0 Å². The Labute approximate surface area is 295 Å². The maximum atomic E-state index is 6.83. The van der Waals surface area contributed by atoms with Crippen LogP contribution in [0.15, 0.2) is 162 Å². The Hall–Kier alpha value is -6.63. The van der Waals surface area contributed by atoms with Gasteiger partial charge in [-0.25, -0.2) is 15.0 Å². The van der Waals surface area contributed by atoms with E-state index in [1.807, 2.05) is 60.7 Å². The van der Waals surface area contributed by atoms with Crippen molar-refractivity contribution in [1.82, 2.24) is 19.5 Å². The Morgan fingerprint density at radius 3 is 1.65 bits per heavy atom. The molecule has 11 rings (SSSR count). The monoisotopic (exact) mass is 670 g/mol. The van der Waals surface area contributed by atoms with Crippen LogP contribution in [-0.2, 0) is 0 Å². The lowest BCUT2D eigenvalue weighted by Gasteiger charge is -2.08. The fraction of sp³-hybridized carbons (Fsp3) is 0. The summed E-state index contributed by atoms with van der Waals surface area (Å²) < 4.78 is 11.6. The summed E-state index contributed by atoms with van der Waals surface area (Å²) in [7, 11) is 0. The normalized spacial score (nSPS) is 11.9. The summed E-state index contributed by atoms with van der Waals surface area (Å²) in [5, 5.41) is 6.99. The summed E-state index contributed by atoms with van der Waals surface area (Å²) in [6, 6.07) is 54.9. The molecule has 4 aromatic heterocycles. The second kappa shape index (κ2) is 10.9. The summed E-state index contributed by atoms with van der Waals surface area (Å²) >= 11 is 1.80. The zero-order valence-electron chi connectivity index (χ0n) is 27.1. The molecule has 5 nitrogen and oxygen atoms in total. The molecule has 4 heterocycles. The van der Waals surface area contributed by atoms with Crippen LogP contribution in [0.2, 0.25) is 0 Å². The zero-order valence-corrected chi connectivity index (χ0v) is 27.9. The van der Waals surface area contributed by atoms with Gasteiger partial charge in [-0.3, -0.25) is 0 Å². The molecule has 238 valence electrons. The van der Waals surface area contributed by atoms with Crippen LogP contribution in [0.4, 0.5) is 0 Å². The summed E-state index contributed by atoms with van der Waals surface area (Å²) in [4.78, 5) is 14.9. The third-order valence-corrected chi connectivity index (χ3v) is 11.0. The molecular weight excluding hydrogens is 645 g/mol. The van der Waals surface area contributed by atoms with E-state index in [1.165, 1.54) is 20.2 Å². The molecule has 0 amide bonds. The predicted octanol–water partition coefficient (Wildman–Crippen LogP) is 12.2. The van der Waals surface area contributed by atoms with Gasteiger partial charge in [-0.2, -0.15) is 0 Å². The van der Waals surface area contributed by atoms with Crippen LogP contribution in [0.5, 0.6) is 0 Å². The number of hydrogen-bond donors (Lipinski definition) is 0. The first kappa shape index (κ1) is 28.2. The standard InChI is InChI=1S/C45H26N4OS/c1-3-12-27(13-4-1)43-46-44(28-14-5-2-6-15-28)48-45(47-43)29-22-23-40-34(24-29)35-25-39-33(26-41(35)51-40)32-18-11-21-38(42(32)50-39)49-36-19-9-7-16-30(36)31-17-8-10-20-37(31)49/h1-26H. The summed E-state index contributed by atoms with van der Waals surface area (Å²) in [6.45, 7) is 0. The molecule has 0 saturated heterocycles. The van der Waals surface area contributed by atoms with Crippen molar-refractivity contribution >= 4 is 75.3 Å². The minimum absolute atomic E-state index is 0.643. The van der Waals surface area contributed by atoms with Gasteiger partial charge in [0.1, 0.15) is 5.58 Å². The van der Waals surface area contributed by atoms with Crippen molar-refractivity contribution in [2.75, 3.05) is 0 Å². The first-order chi connectivity index (χ1) is 25.3. The molecule has 0 atom stereocenters. The lowest BCUT2D eigenvalue weighted by atomic mass is 10.1. The maximum absolute atomic E-state index is 6.83. The van der Waals surface area contributed by atoms with Crippen LogP contribution in [0.1, 0.15) is 0 Å². The minimum atomic E-state index is 0.643. The average Bonchev–Trinajstić information content (AvgIpc) is 3.86. The van der Waals surface area contributed by atoms with Crippen LogP contribution >= 0.6 is 11.3 Å². The van der Waals surface area contributed by atoms with E-state index in [9.17, 15) is 0 Å². The van der Waals surface area contributed by atoms with Gasteiger partial charge >= 0.3 is 0 Å². The van der Waals surface area contributed by atoms with Gasteiger partial charge in [-0.1, -0.05) is 109 Å². The highest BCUT2D eigenvalue weighted by atomic mass is 32.1. The molecule has 7 aromatic carbocycles. The van der Waals surface area contributed by atoms with Crippen LogP contribution in [0.3, 0.4) is 0 Å². The van der Waals surface area contributed by atoms with Gasteiger partial charge in [-0.05, 0) is 48.5 Å². The Bertz CT molecular complexity index is 3030. The first-order valence-corrected chi connectivity index (χ1v) is 17.8. The molecule has 51 heavy (non-hydrogen) atoms. The van der Waals surface area contributed by atoms with Crippen molar-refractivity contribution in [2.45, 2.75) is 0 Å². The number of hydrogen-bond acceptors (Lipinski definition) is 5. The summed E-state index contributed by atoms with van der Waals surface area (Å²) in [5.41, 5.74) is 7.96. The molecule has 0 saturated carbocycles. The van der Waals surface area contributed by atoms with Crippen LogP contribution in [0.25, 0.3) is 104 Å². The Morgan fingerprint density at radius 2 is 0.980 bits per heavy atom. The lowest BCUT2D eigenvalue weighted by Crippen LogP contribution is -2.00. The van der Waals surface area contributed by atoms with Gasteiger partial charge in [0.15, 0.2) is 23.1 Å². The van der Waals surface area contributed by atoms with Gasteiger partial charge < -0.3 is 8.98 Å². The second-order valence-electron chi connectivity index (χ2n) is 12.8. The van der Waals surface area contributed by atoms with Crippen LogP contribution < -0.4 is 0 Å². The molecule has 0 N–H and O–H groups in total. The average molecular weight is 671 g/mol. The highest BCUT2D eigenvalue weighted by Gasteiger charge is 2.19. The van der Waals surface area contributed by atoms with E-state index in [2.05, 4.69) is 102 Å². The molecule has 11 aromatic rings. The van der Waals surface area contributed by atoms with E-state index < -0.39 is 0 Å². The largest absolute Gasteiger partial charge is 0.454 e. The topological polar surface area (TPSA) is 56.7 Å². The van der Waals surface area contributed by atoms with Gasteiger partial charge in [0.05, 0.1) is 16.7 Å². The fourth-order valence-electron chi connectivity index (χ4n) is 7.49. The summed E-state index contributed by atoms with van der Waals surface area (Å²) in [6.07, 6.45) is 0. The molecular formula is C45H26N4OS. The third-order valence-electron chi connectivity index (χ3n) is 9.85. The predicted molar refractivity (Wildman–Crippen MR) is 211 cm³/mol. The van der Waals surface area contributed by atoms with Gasteiger partial charge in [0, 0.05) is 58.4 Å². The molecule has 0 radical (unpaired) electrons. The number of para-hydroxylation sites is 3. The van der Waals surface area contributed by atoms with Crippen molar-refractivity contribution in [3.8, 4) is 39.9 Å². The molecule has 6 heteroatoms. The highest BCUT2D eigenvalue weighted by Crippen LogP contribution is 2.43. The summed E-state index contributed by atoms with van der Waals surface area (Å²) in [5.74, 6) is 1.94. The molecule has 0 bridgehead atoms. The van der Waals surface area contributed by atoms with Crippen LogP contribution in [-0.4, -0.2) is 19.5 Å². The first-order valence-electron chi connectivity index (χ1n) is 16.9. The van der Waals surface area contributed by atoms with Crippen molar-refractivity contribution in [3.05, 3.63) is 158 Å². The van der Waals surface area contributed by atoms with Crippen LogP contribution in [0, 0.1) is 0 Å². The maximum Gasteiger partial charge on any atom is 0.164 e. The fourth-order valence-corrected chi connectivity index (χ4v) is 8.59. The van der Waals surface area contributed by atoms with Crippen molar-refractivity contribution in [2.24, 2.45) is 0 Å². The van der Waals surface area contributed by atoms with Gasteiger partial charge in [0.25, 0.3) is 0 Å². The smallest absolute Gasteiger partial charge is 0.164 e. The number of nitrogens with zero attached hydrogens (tertiary/aromatic N) is 4. The van der Waals surface area contributed by atoms with E-state index in [0.717, 1.165) is 66.1 Å². The van der Waals surface area contributed by atoms with Gasteiger partial charge in [0.2, 0.25) is 0 Å². The second-order valence-corrected chi connectivity index (χ2v) is 13.9. The molecule has 0 aliphatic rings. The molecule has 0 aliphatic carbocycles. The number of benzene rings is 7. The number of furan rings is 1. The zero-order chi connectivity index (χ0) is 33.5. The number of thiophene rings is 1. The number of aromatic nitrogens is 4. The van der Waals surface area contributed by atoms with E-state index in [0.29, 0.717) is 17.5 Å². The SMILES string of the molecule is c1ccc(-c2nc(-c3ccccc3)nc(-c3ccc4sc5cc6c(cc5c4c3)oc3c(-n4c5ccccc5c5ccccc54)cccc36)n2)cc1. The quantitative estimate of drug-likeness (QED) is 0.187. The molecule has 0 aliphatic heterocycles. The highest BCUT2D eigenvalue weighted by molar-refractivity contribution is 7.25. The third kappa shape index (κ3) is 4.37. The Kier molecular flexibility index (Phi) is 6.05. The lowest BCUT2D eigenvalue weighted by molar-refractivity contribution is 0.667. The van der Waals surface area contributed by atoms with Gasteiger partial charge in [-0.15, -0.1) is 11.3 Å². The van der Waals surface area contributed by atoms with Crippen molar-refractivity contribution < 1.29 is 4.42 Å². The number of fused-ring (bicyclic) bond motifs is 9.